The van der Waals surface area contributed by atoms with Crippen LogP contribution in [0.2, 0.25) is 0 Å². The Morgan fingerprint density at radius 2 is 0.473 bits per heavy atom. The molecule has 0 saturated heterocycles. The van der Waals surface area contributed by atoms with Gasteiger partial charge < -0.3 is 0 Å². The first-order chi connectivity index (χ1) is 36.4. The van der Waals surface area contributed by atoms with Crippen molar-refractivity contribution in [2.75, 3.05) is 0 Å². The third-order valence-electron chi connectivity index (χ3n) is 14.4. The average molecular weight is 953 g/mol. The van der Waals surface area contributed by atoms with Crippen molar-refractivity contribution in [3.8, 4) is 66.8 Å². The fourth-order valence-electron chi connectivity index (χ4n) is 11.1. The lowest BCUT2D eigenvalue weighted by atomic mass is 9.74. The van der Waals surface area contributed by atoms with Crippen molar-refractivity contribution in [2.45, 2.75) is 0 Å². The van der Waals surface area contributed by atoms with Crippen LogP contribution in [-0.2, 0) is 0 Å². The predicted molar refractivity (Wildman–Crippen MR) is 299 cm³/mol. The molecule has 0 bridgehead atoms. The van der Waals surface area contributed by atoms with Gasteiger partial charge in [0, 0.05) is 33.4 Å². The summed E-state index contributed by atoms with van der Waals surface area (Å²) < 4.78 is 0. The second-order valence-electron chi connectivity index (χ2n) is 18.4. The molecule has 0 amide bonds. The van der Waals surface area contributed by atoms with Crippen molar-refractivity contribution in [1.82, 2.24) is 0 Å². The fraction of sp³-hybridized carbons (Fsp3) is 0. The highest BCUT2D eigenvalue weighted by atomic mass is 16.1. The Labute approximate surface area is 424 Å². The Balaban J connectivity index is 1.50. The zero-order valence-electron chi connectivity index (χ0n) is 39.5. The van der Waals surface area contributed by atoms with E-state index < -0.39 is 0 Å². The first kappa shape index (κ1) is 45.1. The minimum Gasteiger partial charge on any atom is -0.298 e. The van der Waals surface area contributed by atoms with Crippen molar-refractivity contribution < 1.29 is 28.8 Å². The summed E-state index contributed by atoms with van der Waals surface area (Å²) in [6.45, 7) is 0. The highest BCUT2D eigenvalue weighted by Gasteiger charge is 2.31. The number of fused-ring (bicyclic) bond motifs is 11. The molecule has 6 heteroatoms. The van der Waals surface area contributed by atoms with Crippen LogP contribution in [0.25, 0.3) is 121 Å². The normalized spacial score (nSPS) is 11.3. The molecular formula is C68H40O6. The molecule has 0 saturated carbocycles. The fourth-order valence-corrected chi connectivity index (χ4v) is 11.1. The lowest BCUT2D eigenvalue weighted by molar-refractivity contribution is 0.111. The summed E-state index contributed by atoms with van der Waals surface area (Å²) in [5, 5.41) is 9.80. The van der Waals surface area contributed by atoms with Gasteiger partial charge in [-0.05, 0) is 121 Å². The molecule has 0 aromatic heterocycles. The van der Waals surface area contributed by atoms with E-state index in [1.807, 2.05) is 146 Å². The van der Waals surface area contributed by atoms with Gasteiger partial charge in [-0.1, -0.05) is 206 Å². The number of carbonyl (C=O) groups excluding carboxylic acids is 6. The Bertz CT molecular complexity index is 4290. The molecule has 0 spiro atoms. The van der Waals surface area contributed by atoms with Crippen molar-refractivity contribution in [3.05, 3.63) is 240 Å². The van der Waals surface area contributed by atoms with E-state index in [1.54, 1.807) is 0 Å². The first-order valence-electron chi connectivity index (χ1n) is 24.1. The topological polar surface area (TPSA) is 102 Å². The maximum atomic E-state index is 12.5. The summed E-state index contributed by atoms with van der Waals surface area (Å²) in [5.41, 5.74) is 13.1. The number of aldehydes is 6. The van der Waals surface area contributed by atoms with Crippen LogP contribution in [0.1, 0.15) is 62.1 Å². The van der Waals surface area contributed by atoms with Gasteiger partial charge in [-0.15, -0.1) is 0 Å². The second kappa shape index (κ2) is 18.6. The third kappa shape index (κ3) is 7.35. The minimum absolute atomic E-state index is 0.495. The molecule has 348 valence electrons. The molecule has 74 heavy (non-hydrogen) atoms. The van der Waals surface area contributed by atoms with Gasteiger partial charge in [0.15, 0.2) is 0 Å². The average Bonchev–Trinajstić information content (AvgIpc) is 3.51. The van der Waals surface area contributed by atoms with Gasteiger partial charge in [-0.3, -0.25) is 28.8 Å². The Morgan fingerprint density at radius 1 is 0.189 bits per heavy atom. The van der Waals surface area contributed by atoms with Crippen molar-refractivity contribution in [1.29, 1.82) is 0 Å². The highest BCUT2D eigenvalue weighted by molar-refractivity contribution is 6.45. The molecular weight excluding hydrogens is 913 g/mol. The Hall–Kier alpha value is -10.0. The minimum atomic E-state index is 0.495. The van der Waals surface area contributed by atoms with E-state index in [0.29, 0.717) is 33.4 Å². The number of rotatable bonds is 12. The molecule has 6 nitrogen and oxygen atoms in total. The zero-order valence-corrected chi connectivity index (χ0v) is 39.5. The van der Waals surface area contributed by atoms with Gasteiger partial charge in [0.1, 0.15) is 37.7 Å². The predicted octanol–water partition coefficient (Wildman–Crippen LogP) is 16.3. The lowest BCUT2D eigenvalue weighted by Gasteiger charge is -2.29. The van der Waals surface area contributed by atoms with Gasteiger partial charge in [-0.25, -0.2) is 0 Å². The van der Waals surface area contributed by atoms with Crippen LogP contribution in [0.5, 0.6) is 0 Å². The van der Waals surface area contributed by atoms with Crippen molar-refractivity contribution in [2.24, 2.45) is 0 Å². The quantitative estimate of drug-likeness (QED) is 0.0893. The summed E-state index contributed by atoms with van der Waals surface area (Å²) in [5.74, 6) is 0. The van der Waals surface area contributed by atoms with E-state index in [9.17, 15) is 28.8 Å². The smallest absolute Gasteiger partial charge is 0.150 e. The molecule has 12 aromatic carbocycles. The summed E-state index contributed by atoms with van der Waals surface area (Å²) in [6.07, 6.45) is 4.98. The molecule has 0 atom stereocenters. The highest BCUT2D eigenvalue weighted by Crippen LogP contribution is 2.58. The molecule has 0 radical (unpaired) electrons. The van der Waals surface area contributed by atoms with Crippen molar-refractivity contribution in [3.63, 3.8) is 0 Å². The molecule has 12 aromatic rings. The van der Waals surface area contributed by atoms with E-state index in [-0.39, 0.29) is 0 Å². The van der Waals surface area contributed by atoms with Gasteiger partial charge in [0.25, 0.3) is 0 Å². The number of benzene rings is 12. The maximum absolute atomic E-state index is 12.5. The summed E-state index contributed by atoms with van der Waals surface area (Å²) in [6, 6.07) is 66.8. The molecule has 0 fully saturated rings. The van der Waals surface area contributed by atoms with Gasteiger partial charge in [0.05, 0.1) is 0 Å². The zero-order chi connectivity index (χ0) is 50.5. The molecule has 0 unspecified atom stereocenters. The molecule has 0 N–H and O–H groups in total. The molecule has 12 rings (SSSR count). The molecule has 0 heterocycles. The Kier molecular flexibility index (Phi) is 11.3. The molecule has 0 aliphatic rings. The second-order valence-corrected chi connectivity index (χ2v) is 18.4. The van der Waals surface area contributed by atoms with Crippen LogP contribution in [0.15, 0.2) is 206 Å². The van der Waals surface area contributed by atoms with Crippen LogP contribution in [-0.4, -0.2) is 37.7 Å². The van der Waals surface area contributed by atoms with Gasteiger partial charge in [-0.2, -0.15) is 0 Å². The maximum Gasteiger partial charge on any atom is 0.150 e. The summed E-state index contributed by atoms with van der Waals surface area (Å²) >= 11 is 0. The van der Waals surface area contributed by atoms with Crippen molar-refractivity contribution >= 4 is 91.6 Å². The van der Waals surface area contributed by atoms with E-state index in [0.717, 1.165) is 158 Å². The molecule has 0 aliphatic heterocycles. The van der Waals surface area contributed by atoms with E-state index in [1.165, 1.54) is 0 Å². The summed E-state index contributed by atoms with van der Waals surface area (Å²) in [7, 11) is 0. The SMILES string of the molecule is O=Cc1ccc(-c2ccc3c(c2-c2ccc(C=O)cc2)c2c(-c4ccc(C=O)cc4)c(-c4ccc(C=O)cc4)c(-c4ccc(C=O)cc4)c(-c4ccc(C=O)cc4)c2c2c4ccccc4c4ccccc4c32)cc1. The van der Waals surface area contributed by atoms with Crippen LogP contribution >= 0.6 is 0 Å². The third-order valence-corrected chi connectivity index (χ3v) is 14.4. The largest absolute Gasteiger partial charge is 0.298 e. The van der Waals surface area contributed by atoms with Crippen LogP contribution < -0.4 is 0 Å². The van der Waals surface area contributed by atoms with E-state index in [2.05, 4.69) is 60.7 Å². The standard InChI is InChI=1S/C68H40O6/c69-35-41-9-21-47(22-10-41)53-33-34-58-64-56-7-3-1-5-54(56)55-6-2-4-8-57(55)65(64)67-62(51-29-17-45(39-73)18-30-51)60(49-25-13-43(37-71)14-26-49)61(50-27-15-44(38-72)16-28-50)63(52-31-19-46(40-74)20-32-52)68(67)66(58)59(53)48-23-11-42(36-70)12-24-48/h1-40H. The number of hydrogen-bond acceptors (Lipinski definition) is 6. The van der Waals surface area contributed by atoms with E-state index in [4.69, 9.17) is 0 Å². The first-order valence-corrected chi connectivity index (χ1v) is 24.1. The van der Waals surface area contributed by atoms with Gasteiger partial charge in [0.2, 0.25) is 0 Å². The van der Waals surface area contributed by atoms with Crippen LogP contribution in [0.3, 0.4) is 0 Å². The molecule has 0 aliphatic carbocycles. The summed E-state index contributed by atoms with van der Waals surface area (Å²) in [4.78, 5) is 74.0. The number of carbonyl (C=O) groups is 6. The van der Waals surface area contributed by atoms with Gasteiger partial charge >= 0.3 is 0 Å². The lowest BCUT2D eigenvalue weighted by Crippen LogP contribution is -2.01. The van der Waals surface area contributed by atoms with E-state index >= 15 is 0 Å². The van der Waals surface area contributed by atoms with Crippen LogP contribution in [0.4, 0.5) is 0 Å². The Morgan fingerprint density at radius 3 is 0.824 bits per heavy atom. The number of hydrogen-bond donors (Lipinski definition) is 0. The monoisotopic (exact) mass is 952 g/mol. The van der Waals surface area contributed by atoms with Crippen LogP contribution in [0, 0.1) is 0 Å².